The maximum absolute atomic E-state index is 11.0. The SMILES string of the molecule is CCc1ccc(CNCC2CCC(=O)N2)cc1. The zero-order valence-corrected chi connectivity index (χ0v) is 10.3. The van der Waals surface area contributed by atoms with Crippen molar-refractivity contribution >= 4 is 5.91 Å². The van der Waals surface area contributed by atoms with Crippen LogP contribution in [0.4, 0.5) is 0 Å². The van der Waals surface area contributed by atoms with Gasteiger partial charge in [0.15, 0.2) is 0 Å². The smallest absolute Gasteiger partial charge is 0.220 e. The highest BCUT2D eigenvalue weighted by molar-refractivity contribution is 5.78. The van der Waals surface area contributed by atoms with E-state index < -0.39 is 0 Å². The summed E-state index contributed by atoms with van der Waals surface area (Å²) in [7, 11) is 0. The molecule has 0 aliphatic carbocycles. The Morgan fingerprint density at radius 3 is 2.59 bits per heavy atom. The third-order valence-electron chi connectivity index (χ3n) is 3.24. The van der Waals surface area contributed by atoms with Gasteiger partial charge in [-0.15, -0.1) is 0 Å². The number of carbonyl (C=O) groups is 1. The van der Waals surface area contributed by atoms with Gasteiger partial charge in [-0.1, -0.05) is 31.2 Å². The van der Waals surface area contributed by atoms with Crippen molar-refractivity contribution in [1.82, 2.24) is 10.6 Å². The summed E-state index contributed by atoms with van der Waals surface area (Å²) >= 11 is 0. The molecule has 1 aromatic carbocycles. The number of hydrogen-bond acceptors (Lipinski definition) is 2. The third-order valence-corrected chi connectivity index (χ3v) is 3.24. The molecule has 92 valence electrons. The number of benzene rings is 1. The van der Waals surface area contributed by atoms with Gasteiger partial charge in [0.1, 0.15) is 0 Å². The van der Waals surface area contributed by atoms with E-state index in [1.54, 1.807) is 0 Å². The second kappa shape index (κ2) is 5.82. The Morgan fingerprint density at radius 1 is 1.29 bits per heavy atom. The van der Waals surface area contributed by atoms with Crippen molar-refractivity contribution in [2.75, 3.05) is 6.54 Å². The number of rotatable bonds is 5. The molecule has 0 bridgehead atoms. The molecule has 1 fully saturated rings. The first-order valence-electron chi connectivity index (χ1n) is 6.36. The highest BCUT2D eigenvalue weighted by Crippen LogP contribution is 2.07. The van der Waals surface area contributed by atoms with Gasteiger partial charge in [-0.3, -0.25) is 4.79 Å². The van der Waals surface area contributed by atoms with E-state index in [1.807, 2.05) is 0 Å². The van der Waals surface area contributed by atoms with Crippen molar-refractivity contribution in [3.8, 4) is 0 Å². The third kappa shape index (κ3) is 3.56. The number of hydrogen-bond donors (Lipinski definition) is 2. The largest absolute Gasteiger partial charge is 0.352 e. The van der Waals surface area contributed by atoms with Crippen LogP contribution >= 0.6 is 0 Å². The van der Waals surface area contributed by atoms with Gasteiger partial charge in [-0.05, 0) is 24.0 Å². The van der Waals surface area contributed by atoms with Crippen molar-refractivity contribution in [3.05, 3.63) is 35.4 Å². The lowest BCUT2D eigenvalue weighted by atomic mass is 10.1. The molecule has 1 amide bonds. The minimum absolute atomic E-state index is 0.184. The molecule has 17 heavy (non-hydrogen) atoms. The lowest BCUT2D eigenvalue weighted by Crippen LogP contribution is -2.35. The predicted octanol–water partition coefficient (Wildman–Crippen LogP) is 1.62. The highest BCUT2D eigenvalue weighted by atomic mass is 16.1. The van der Waals surface area contributed by atoms with Gasteiger partial charge in [0.05, 0.1) is 0 Å². The Hall–Kier alpha value is -1.35. The van der Waals surface area contributed by atoms with Crippen LogP contribution < -0.4 is 10.6 Å². The van der Waals surface area contributed by atoms with Gasteiger partial charge in [0, 0.05) is 25.6 Å². The summed E-state index contributed by atoms with van der Waals surface area (Å²) in [4.78, 5) is 11.0. The highest BCUT2D eigenvalue weighted by Gasteiger charge is 2.19. The van der Waals surface area contributed by atoms with E-state index in [-0.39, 0.29) is 5.91 Å². The number of nitrogens with one attached hydrogen (secondary N) is 2. The summed E-state index contributed by atoms with van der Waals surface area (Å²) < 4.78 is 0. The Labute approximate surface area is 103 Å². The lowest BCUT2D eigenvalue weighted by Gasteiger charge is -2.11. The molecule has 0 spiro atoms. The molecule has 2 N–H and O–H groups in total. The first-order chi connectivity index (χ1) is 8.28. The molecule has 1 aliphatic heterocycles. The molecule has 3 nitrogen and oxygen atoms in total. The quantitative estimate of drug-likeness (QED) is 0.810. The number of aryl methyl sites for hydroxylation is 1. The standard InChI is InChI=1S/C14H20N2O/c1-2-11-3-5-12(6-4-11)9-15-10-13-7-8-14(17)16-13/h3-6,13,15H,2,7-10H2,1H3,(H,16,17). The first-order valence-corrected chi connectivity index (χ1v) is 6.36. The maximum atomic E-state index is 11.0. The van der Waals surface area contributed by atoms with Crippen LogP contribution in [0.15, 0.2) is 24.3 Å². The average Bonchev–Trinajstić information content (AvgIpc) is 2.76. The summed E-state index contributed by atoms with van der Waals surface area (Å²) in [5.74, 6) is 0.184. The van der Waals surface area contributed by atoms with Gasteiger partial charge >= 0.3 is 0 Å². The van der Waals surface area contributed by atoms with E-state index in [4.69, 9.17) is 0 Å². The van der Waals surface area contributed by atoms with Crippen molar-refractivity contribution in [2.24, 2.45) is 0 Å². The topological polar surface area (TPSA) is 41.1 Å². The summed E-state index contributed by atoms with van der Waals surface area (Å²) in [6, 6.07) is 9.00. The fraction of sp³-hybridized carbons (Fsp3) is 0.500. The molecule has 0 radical (unpaired) electrons. The Bertz CT molecular complexity index is 372. The summed E-state index contributed by atoms with van der Waals surface area (Å²) in [5.41, 5.74) is 2.67. The number of amides is 1. The first kappa shape index (κ1) is 12.1. The minimum atomic E-state index is 0.184. The van der Waals surface area contributed by atoms with Gasteiger partial charge in [-0.2, -0.15) is 0 Å². The van der Waals surface area contributed by atoms with Crippen molar-refractivity contribution in [3.63, 3.8) is 0 Å². The van der Waals surface area contributed by atoms with Gasteiger partial charge in [0.25, 0.3) is 0 Å². The molecule has 1 atom stereocenters. The molecule has 3 heteroatoms. The summed E-state index contributed by atoms with van der Waals surface area (Å²) in [5, 5.41) is 6.34. The van der Waals surface area contributed by atoms with Crippen LogP contribution in [-0.2, 0) is 17.8 Å². The van der Waals surface area contributed by atoms with Gasteiger partial charge in [0.2, 0.25) is 5.91 Å². The van der Waals surface area contributed by atoms with Gasteiger partial charge < -0.3 is 10.6 Å². The fourth-order valence-electron chi connectivity index (χ4n) is 2.11. The summed E-state index contributed by atoms with van der Waals surface area (Å²) in [6.45, 7) is 3.90. The molecule has 1 saturated heterocycles. The normalized spacial score (nSPS) is 19.4. The van der Waals surface area contributed by atoms with Crippen LogP contribution in [0.2, 0.25) is 0 Å². The lowest BCUT2D eigenvalue weighted by molar-refractivity contribution is -0.119. The van der Waals surface area contributed by atoms with E-state index in [0.29, 0.717) is 12.5 Å². The monoisotopic (exact) mass is 232 g/mol. The molecular formula is C14H20N2O. The predicted molar refractivity (Wildman–Crippen MR) is 68.7 cm³/mol. The average molecular weight is 232 g/mol. The Kier molecular flexibility index (Phi) is 4.15. The van der Waals surface area contributed by atoms with E-state index in [2.05, 4.69) is 41.8 Å². The van der Waals surface area contributed by atoms with Crippen molar-refractivity contribution in [1.29, 1.82) is 0 Å². The zero-order chi connectivity index (χ0) is 12.1. The van der Waals surface area contributed by atoms with Gasteiger partial charge in [-0.25, -0.2) is 0 Å². The zero-order valence-electron chi connectivity index (χ0n) is 10.3. The Balaban J connectivity index is 1.72. The maximum Gasteiger partial charge on any atom is 0.220 e. The molecule has 0 aromatic heterocycles. The fourth-order valence-corrected chi connectivity index (χ4v) is 2.11. The summed E-state index contributed by atoms with van der Waals surface area (Å²) in [6.07, 6.45) is 2.72. The second-order valence-electron chi connectivity index (χ2n) is 4.60. The van der Waals surface area contributed by atoms with Crippen LogP contribution in [0.5, 0.6) is 0 Å². The second-order valence-corrected chi connectivity index (χ2v) is 4.60. The van der Waals surface area contributed by atoms with E-state index in [1.165, 1.54) is 11.1 Å². The van der Waals surface area contributed by atoms with E-state index in [9.17, 15) is 4.79 Å². The van der Waals surface area contributed by atoms with Crippen LogP contribution in [0, 0.1) is 0 Å². The molecule has 1 heterocycles. The van der Waals surface area contributed by atoms with Crippen molar-refractivity contribution < 1.29 is 4.79 Å². The molecule has 0 saturated carbocycles. The van der Waals surface area contributed by atoms with Crippen molar-refractivity contribution in [2.45, 2.75) is 38.8 Å². The molecule has 1 aromatic rings. The molecule has 1 aliphatic rings. The van der Waals surface area contributed by atoms with E-state index >= 15 is 0 Å². The Morgan fingerprint density at radius 2 is 2.00 bits per heavy atom. The minimum Gasteiger partial charge on any atom is -0.352 e. The van der Waals surface area contributed by atoms with E-state index in [0.717, 1.165) is 25.9 Å². The molecule has 1 unspecified atom stereocenters. The van der Waals surface area contributed by atoms with Crippen LogP contribution in [0.1, 0.15) is 30.9 Å². The van der Waals surface area contributed by atoms with Crippen LogP contribution in [-0.4, -0.2) is 18.5 Å². The number of carbonyl (C=O) groups excluding carboxylic acids is 1. The molecule has 2 rings (SSSR count). The van der Waals surface area contributed by atoms with Crippen LogP contribution in [0.3, 0.4) is 0 Å². The molecular weight excluding hydrogens is 212 g/mol. The van der Waals surface area contributed by atoms with Crippen LogP contribution in [0.25, 0.3) is 0 Å².